The summed E-state index contributed by atoms with van der Waals surface area (Å²) in [6.07, 6.45) is 7.23. The Morgan fingerprint density at radius 2 is 1.96 bits per heavy atom. The average molecular weight is 346 g/mol. The van der Waals surface area contributed by atoms with Gasteiger partial charge in [0.25, 0.3) is 0 Å². The topological polar surface area (TPSA) is 71.6 Å². The highest BCUT2D eigenvalue weighted by Crippen LogP contribution is 2.55. The van der Waals surface area contributed by atoms with Gasteiger partial charge in [-0.2, -0.15) is 10.4 Å². The number of nitriles is 1. The molecule has 132 valence electrons. The Bertz CT molecular complexity index is 977. The van der Waals surface area contributed by atoms with Crippen molar-refractivity contribution in [2.75, 3.05) is 0 Å². The maximum atomic E-state index is 12.8. The van der Waals surface area contributed by atoms with E-state index >= 15 is 0 Å². The van der Waals surface area contributed by atoms with Crippen LogP contribution in [0.5, 0.6) is 0 Å². The lowest BCUT2D eigenvalue weighted by Crippen LogP contribution is -2.51. The number of hydrogen-bond donors (Lipinski definition) is 0. The zero-order valence-electron chi connectivity index (χ0n) is 15.6. The number of hydrogen-bond acceptors (Lipinski definition) is 4. The average Bonchev–Trinajstić information content (AvgIpc) is 2.96. The quantitative estimate of drug-likeness (QED) is 0.794. The third-order valence-corrected chi connectivity index (χ3v) is 6.28. The number of fused-ring (bicyclic) bond motifs is 3. The lowest BCUT2D eigenvalue weighted by atomic mass is 9.52. The van der Waals surface area contributed by atoms with Gasteiger partial charge in [-0.05, 0) is 30.9 Å². The smallest absolute Gasteiger partial charge is 0.178 e. The second kappa shape index (κ2) is 5.38. The Morgan fingerprint density at radius 1 is 1.27 bits per heavy atom. The maximum Gasteiger partial charge on any atom is 0.178 e. The summed E-state index contributed by atoms with van der Waals surface area (Å²) in [6.45, 7) is 6.07. The fraction of sp³-hybridized carbons (Fsp3) is 0.429. The summed E-state index contributed by atoms with van der Waals surface area (Å²) in [5, 5.41) is 14.4. The number of rotatable bonds is 1. The van der Waals surface area contributed by atoms with Gasteiger partial charge >= 0.3 is 0 Å². The molecular formula is C21H22N4O. The zero-order valence-corrected chi connectivity index (χ0v) is 15.6. The van der Waals surface area contributed by atoms with Crippen LogP contribution in [0.15, 0.2) is 36.2 Å². The first-order valence-corrected chi connectivity index (χ1v) is 8.95. The third-order valence-electron chi connectivity index (χ3n) is 6.28. The molecule has 0 aliphatic heterocycles. The molecule has 0 aromatic carbocycles. The maximum absolute atomic E-state index is 12.8. The molecule has 0 radical (unpaired) electrons. The van der Waals surface area contributed by atoms with Crippen molar-refractivity contribution in [1.29, 1.82) is 5.26 Å². The van der Waals surface area contributed by atoms with E-state index in [1.54, 1.807) is 12.4 Å². The van der Waals surface area contributed by atoms with Crippen LogP contribution in [0.1, 0.15) is 38.4 Å². The Hall–Kier alpha value is -2.74. The van der Waals surface area contributed by atoms with Crippen molar-refractivity contribution in [2.24, 2.45) is 18.4 Å². The summed E-state index contributed by atoms with van der Waals surface area (Å²) >= 11 is 0. The van der Waals surface area contributed by atoms with E-state index in [0.29, 0.717) is 0 Å². The monoisotopic (exact) mass is 346 g/mol. The van der Waals surface area contributed by atoms with Gasteiger partial charge in [-0.25, -0.2) is 0 Å². The first-order valence-electron chi connectivity index (χ1n) is 8.95. The second-order valence-corrected chi connectivity index (χ2v) is 8.13. The predicted octanol–water partition coefficient (Wildman–Crippen LogP) is 3.36. The number of aromatic nitrogens is 3. The molecule has 2 aliphatic rings. The van der Waals surface area contributed by atoms with Crippen LogP contribution in [0.25, 0.3) is 11.3 Å². The van der Waals surface area contributed by atoms with E-state index in [-0.39, 0.29) is 17.3 Å². The molecule has 0 fully saturated rings. The van der Waals surface area contributed by atoms with Crippen molar-refractivity contribution < 1.29 is 4.79 Å². The minimum absolute atomic E-state index is 0.0452. The van der Waals surface area contributed by atoms with Gasteiger partial charge in [0.2, 0.25) is 0 Å². The molecule has 5 heteroatoms. The predicted molar refractivity (Wildman–Crippen MR) is 98.1 cm³/mol. The van der Waals surface area contributed by atoms with Gasteiger partial charge in [0.15, 0.2) is 5.78 Å². The van der Waals surface area contributed by atoms with E-state index < -0.39 is 10.8 Å². The van der Waals surface area contributed by atoms with Crippen LogP contribution in [0.2, 0.25) is 0 Å². The number of ketones is 1. The molecule has 0 bridgehead atoms. The normalized spacial score (nSPS) is 26.5. The van der Waals surface area contributed by atoms with Crippen LogP contribution in [-0.2, 0) is 23.7 Å². The van der Waals surface area contributed by atoms with E-state index in [1.807, 2.05) is 43.8 Å². The molecule has 2 atom stereocenters. The third kappa shape index (κ3) is 2.05. The summed E-state index contributed by atoms with van der Waals surface area (Å²) in [5.41, 5.74) is 3.68. The van der Waals surface area contributed by atoms with E-state index in [0.717, 1.165) is 29.8 Å². The Balaban J connectivity index is 1.97. The zero-order chi connectivity index (χ0) is 18.7. The Morgan fingerprint density at radius 3 is 2.62 bits per heavy atom. The molecule has 0 N–H and O–H groups in total. The van der Waals surface area contributed by atoms with Crippen LogP contribution in [0.4, 0.5) is 0 Å². The lowest BCUT2D eigenvalue weighted by Gasteiger charge is -2.49. The SMILES string of the molecule is Cn1nc2c(c1-c1ccncc1)CC[C@H]1C(C)(C)C(=O)C(C#N)=C[C@]21C. The van der Waals surface area contributed by atoms with Crippen molar-refractivity contribution in [2.45, 2.75) is 39.0 Å². The molecule has 26 heavy (non-hydrogen) atoms. The van der Waals surface area contributed by atoms with Crippen molar-refractivity contribution >= 4 is 5.78 Å². The van der Waals surface area contributed by atoms with Crippen molar-refractivity contribution in [3.63, 3.8) is 0 Å². The van der Waals surface area contributed by atoms with E-state index in [1.165, 1.54) is 5.56 Å². The summed E-state index contributed by atoms with van der Waals surface area (Å²) in [6, 6.07) is 6.11. The molecule has 2 aliphatic carbocycles. The number of carbonyl (C=O) groups is 1. The molecular weight excluding hydrogens is 324 g/mol. The van der Waals surface area contributed by atoms with Gasteiger partial charge in [0, 0.05) is 41.4 Å². The van der Waals surface area contributed by atoms with Gasteiger partial charge in [-0.1, -0.05) is 26.8 Å². The Kier molecular flexibility index (Phi) is 3.46. The molecule has 0 saturated carbocycles. The van der Waals surface area contributed by atoms with Crippen molar-refractivity contribution in [3.8, 4) is 17.3 Å². The number of pyridine rings is 1. The fourth-order valence-electron chi connectivity index (χ4n) is 5.10. The minimum Gasteiger partial charge on any atom is -0.293 e. The van der Waals surface area contributed by atoms with Gasteiger partial charge in [0.05, 0.1) is 17.0 Å². The van der Waals surface area contributed by atoms with Crippen molar-refractivity contribution in [3.05, 3.63) is 47.4 Å². The largest absolute Gasteiger partial charge is 0.293 e. The van der Waals surface area contributed by atoms with Crippen LogP contribution >= 0.6 is 0 Å². The number of allylic oxidation sites excluding steroid dienone is 2. The van der Waals surface area contributed by atoms with E-state index in [2.05, 4.69) is 18.0 Å². The molecule has 0 amide bonds. The first-order chi connectivity index (χ1) is 12.3. The minimum atomic E-state index is -0.569. The molecule has 2 aromatic rings. The number of carbonyl (C=O) groups excluding carboxylic acids is 1. The number of Topliss-reactive ketones (excluding diaryl/α,β-unsaturated/α-hetero) is 1. The summed E-state index contributed by atoms with van der Waals surface area (Å²) < 4.78 is 1.93. The molecule has 0 unspecified atom stereocenters. The fourth-order valence-corrected chi connectivity index (χ4v) is 5.10. The van der Waals surface area contributed by atoms with E-state index in [9.17, 15) is 10.1 Å². The standard InChI is InChI=1S/C21H22N4O/c1-20(2)16-6-5-15-17(13-7-9-23-10-8-13)25(4)24-18(15)21(16,3)11-14(12-22)19(20)26/h7-11,16H,5-6H2,1-4H3/t16-,21-/m0/s1. The van der Waals surface area contributed by atoms with Gasteiger partial charge in [-0.15, -0.1) is 0 Å². The summed E-state index contributed by atoms with van der Waals surface area (Å²) in [5.74, 6) is 0.0866. The lowest BCUT2D eigenvalue weighted by molar-refractivity contribution is -0.128. The van der Waals surface area contributed by atoms with Crippen LogP contribution in [0.3, 0.4) is 0 Å². The van der Waals surface area contributed by atoms with E-state index in [4.69, 9.17) is 5.10 Å². The first kappa shape index (κ1) is 16.7. The Labute approximate surface area is 153 Å². The van der Waals surface area contributed by atoms with Gasteiger partial charge in [0.1, 0.15) is 6.07 Å². The highest BCUT2D eigenvalue weighted by atomic mass is 16.1. The molecule has 0 spiro atoms. The van der Waals surface area contributed by atoms with Gasteiger partial charge in [-0.3, -0.25) is 14.5 Å². The highest BCUT2D eigenvalue weighted by molar-refractivity contribution is 6.04. The van der Waals surface area contributed by atoms with Gasteiger partial charge < -0.3 is 0 Å². The van der Waals surface area contributed by atoms with Crippen molar-refractivity contribution in [1.82, 2.24) is 14.8 Å². The molecule has 2 heterocycles. The molecule has 4 rings (SSSR count). The molecule has 0 saturated heterocycles. The summed E-state index contributed by atoms with van der Waals surface area (Å²) in [7, 11) is 1.96. The molecule has 2 aromatic heterocycles. The van der Waals surface area contributed by atoms with Crippen LogP contribution in [0, 0.1) is 22.7 Å². The summed E-state index contributed by atoms with van der Waals surface area (Å²) in [4.78, 5) is 16.9. The van der Waals surface area contributed by atoms with Crippen LogP contribution < -0.4 is 0 Å². The number of nitrogens with zero attached hydrogens (tertiary/aromatic N) is 4. The highest BCUT2D eigenvalue weighted by Gasteiger charge is 2.55. The van der Waals surface area contributed by atoms with Crippen LogP contribution in [-0.4, -0.2) is 20.5 Å². The molecule has 5 nitrogen and oxygen atoms in total. The number of aryl methyl sites for hydroxylation is 1. The second-order valence-electron chi connectivity index (χ2n) is 8.13.